The first kappa shape index (κ1) is 19.1. The van der Waals surface area contributed by atoms with Crippen molar-refractivity contribution in [2.75, 3.05) is 11.4 Å². The highest BCUT2D eigenvalue weighted by atomic mass is 35.5. The van der Waals surface area contributed by atoms with E-state index < -0.39 is 0 Å². The maximum Gasteiger partial charge on any atom is 0.135 e. The SMILES string of the molecule is Cc1c[c]c(-n2nccn2)c(N2CCC[C@@]2(C)c2nc3c(C)c(Cl)ccc3n2C)c1. The fourth-order valence-corrected chi connectivity index (χ4v) is 4.86. The fraction of sp³-hybridized carbons (Fsp3) is 0.348. The highest BCUT2D eigenvalue weighted by molar-refractivity contribution is 6.32. The molecule has 1 radical (unpaired) electrons. The first-order chi connectivity index (χ1) is 14.4. The smallest absolute Gasteiger partial charge is 0.135 e. The van der Waals surface area contributed by atoms with Gasteiger partial charge in [0.05, 0.1) is 34.7 Å². The third-order valence-corrected chi connectivity index (χ3v) is 6.73. The maximum atomic E-state index is 6.38. The summed E-state index contributed by atoms with van der Waals surface area (Å²) in [6, 6.07) is 11.6. The third-order valence-electron chi connectivity index (χ3n) is 6.32. The van der Waals surface area contributed by atoms with Gasteiger partial charge < -0.3 is 9.47 Å². The Morgan fingerprint density at radius 1 is 1.17 bits per heavy atom. The molecule has 7 heteroatoms. The van der Waals surface area contributed by atoms with Gasteiger partial charge >= 0.3 is 0 Å². The molecule has 1 fully saturated rings. The minimum atomic E-state index is -0.268. The zero-order chi connectivity index (χ0) is 21.0. The summed E-state index contributed by atoms with van der Waals surface area (Å²) >= 11 is 6.38. The lowest BCUT2D eigenvalue weighted by Crippen LogP contribution is -2.41. The molecule has 153 valence electrons. The molecule has 0 bridgehead atoms. The molecule has 30 heavy (non-hydrogen) atoms. The van der Waals surface area contributed by atoms with Crippen molar-refractivity contribution in [3.05, 3.63) is 64.7 Å². The third kappa shape index (κ3) is 2.74. The fourth-order valence-electron chi connectivity index (χ4n) is 4.71. The Kier molecular flexibility index (Phi) is 4.36. The number of imidazole rings is 1. The number of aryl methyl sites for hydroxylation is 3. The summed E-state index contributed by atoms with van der Waals surface area (Å²) in [6.07, 6.45) is 5.48. The number of rotatable bonds is 3. The minimum Gasteiger partial charge on any atom is -0.357 e. The lowest BCUT2D eigenvalue weighted by atomic mass is 9.96. The quantitative estimate of drug-likeness (QED) is 0.481. The van der Waals surface area contributed by atoms with E-state index in [4.69, 9.17) is 16.6 Å². The van der Waals surface area contributed by atoms with Crippen molar-refractivity contribution < 1.29 is 0 Å². The lowest BCUT2D eigenvalue weighted by Gasteiger charge is -2.37. The van der Waals surface area contributed by atoms with Gasteiger partial charge in [0.25, 0.3) is 0 Å². The van der Waals surface area contributed by atoms with Crippen molar-refractivity contribution in [1.29, 1.82) is 0 Å². The van der Waals surface area contributed by atoms with Crippen molar-refractivity contribution in [3.63, 3.8) is 0 Å². The van der Waals surface area contributed by atoms with Crippen LogP contribution in [0.25, 0.3) is 16.7 Å². The summed E-state index contributed by atoms with van der Waals surface area (Å²) in [6.45, 7) is 7.34. The van der Waals surface area contributed by atoms with Gasteiger partial charge in [-0.1, -0.05) is 11.6 Å². The Balaban J connectivity index is 1.70. The van der Waals surface area contributed by atoms with Crippen molar-refractivity contribution >= 4 is 28.3 Å². The highest BCUT2D eigenvalue weighted by Crippen LogP contribution is 2.44. The monoisotopic (exact) mass is 419 g/mol. The van der Waals surface area contributed by atoms with Crippen LogP contribution < -0.4 is 4.90 Å². The van der Waals surface area contributed by atoms with Crippen LogP contribution in [0.3, 0.4) is 0 Å². The maximum absolute atomic E-state index is 6.38. The van der Waals surface area contributed by atoms with Crippen molar-refractivity contribution in [2.24, 2.45) is 7.05 Å². The van der Waals surface area contributed by atoms with E-state index in [0.29, 0.717) is 0 Å². The average Bonchev–Trinajstić information content (AvgIpc) is 3.45. The van der Waals surface area contributed by atoms with Gasteiger partial charge in [-0.15, -0.1) is 4.80 Å². The van der Waals surface area contributed by atoms with Crippen LogP contribution >= 0.6 is 11.6 Å². The standard InChI is InChI=1S/C23H24ClN6/c1-15-6-8-18(30-25-11-12-26-30)20(14-15)29-13-5-10-23(29,3)22-27-21-16(2)17(24)7-9-19(21)28(22)4/h6-7,9,11-12,14H,5,10,13H2,1-4H3/t23-/m0/s1. The molecule has 3 heterocycles. The Labute approximate surface area is 181 Å². The first-order valence-corrected chi connectivity index (χ1v) is 10.6. The van der Waals surface area contributed by atoms with Crippen molar-refractivity contribution in [2.45, 2.75) is 39.2 Å². The zero-order valence-electron chi connectivity index (χ0n) is 17.6. The van der Waals surface area contributed by atoms with Crippen LogP contribution in [0.1, 0.15) is 36.7 Å². The largest absolute Gasteiger partial charge is 0.357 e. The van der Waals surface area contributed by atoms with Crippen LogP contribution in [0, 0.1) is 19.9 Å². The second-order valence-corrected chi connectivity index (χ2v) is 8.70. The van der Waals surface area contributed by atoms with E-state index in [2.05, 4.69) is 58.8 Å². The summed E-state index contributed by atoms with van der Waals surface area (Å²) in [5.74, 6) is 1.04. The summed E-state index contributed by atoms with van der Waals surface area (Å²) < 4.78 is 2.21. The second kappa shape index (κ2) is 6.84. The van der Waals surface area contributed by atoms with E-state index in [1.54, 1.807) is 17.2 Å². The number of halogens is 1. The molecule has 0 aliphatic carbocycles. The number of hydrogen-bond acceptors (Lipinski definition) is 4. The lowest BCUT2D eigenvalue weighted by molar-refractivity contribution is 0.447. The van der Waals surface area contributed by atoms with Crippen LogP contribution in [0.5, 0.6) is 0 Å². The molecule has 1 aliphatic heterocycles. The van der Waals surface area contributed by atoms with Gasteiger partial charge in [-0.25, -0.2) is 4.98 Å². The molecule has 6 nitrogen and oxygen atoms in total. The molecule has 2 aromatic carbocycles. The molecule has 0 amide bonds. The number of fused-ring (bicyclic) bond motifs is 1. The number of aromatic nitrogens is 5. The number of benzene rings is 2. The molecule has 1 atom stereocenters. The molecule has 5 rings (SSSR count). The van der Waals surface area contributed by atoms with Gasteiger partial charge in [0.1, 0.15) is 11.5 Å². The van der Waals surface area contributed by atoms with E-state index in [1.807, 2.05) is 19.1 Å². The van der Waals surface area contributed by atoms with Crippen molar-refractivity contribution in [3.8, 4) is 5.69 Å². The van der Waals surface area contributed by atoms with Crippen LogP contribution in [-0.4, -0.2) is 31.1 Å². The van der Waals surface area contributed by atoms with E-state index in [1.165, 1.54) is 0 Å². The molecular weight excluding hydrogens is 396 g/mol. The Hall–Kier alpha value is -2.86. The van der Waals surface area contributed by atoms with E-state index in [0.717, 1.165) is 63.8 Å². The van der Waals surface area contributed by atoms with Gasteiger partial charge in [0.15, 0.2) is 0 Å². The van der Waals surface area contributed by atoms with E-state index in [9.17, 15) is 0 Å². The highest BCUT2D eigenvalue weighted by Gasteiger charge is 2.43. The van der Waals surface area contributed by atoms with Crippen LogP contribution in [0.15, 0.2) is 36.7 Å². The second-order valence-electron chi connectivity index (χ2n) is 8.29. The predicted octanol–water partition coefficient (Wildman–Crippen LogP) is 4.74. The predicted molar refractivity (Wildman–Crippen MR) is 119 cm³/mol. The molecule has 0 saturated carbocycles. The van der Waals surface area contributed by atoms with Gasteiger partial charge in [-0.05, 0) is 69.0 Å². The minimum absolute atomic E-state index is 0.268. The van der Waals surface area contributed by atoms with Gasteiger partial charge in [0.2, 0.25) is 0 Å². The summed E-state index contributed by atoms with van der Waals surface area (Å²) in [5, 5.41) is 9.46. The van der Waals surface area contributed by atoms with Gasteiger partial charge in [-0.3, -0.25) is 0 Å². The van der Waals surface area contributed by atoms with Crippen LogP contribution in [0.2, 0.25) is 5.02 Å². The molecular formula is C23H24ClN6. The summed E-state index contributed by atoms with van der Waals surface area (Å²) in [7, 11) is 2.10. The number of hydrogen-bond donors (Lipinski definition) is 0. The van der Waals surface area contributed by atoms with Crippen molar-refractivity contribution in [1.82, 2.24) is 24.5 Å². The molecule has 0 N–H and O–H groups in total. The molecule has 2 aromatic heterocycles. The Bertz CT molecular complexity index is 1240. The van der Waals surface area contributed by atoms with E-state index in [-0.39, 0.29) is 5.54 Å². The van der Waals surface area contributed by atoms with Crippen LogP contribution in [-0.2, 0) is 12.6 Å². The molecule has 1 aliphatic rings. The average molecular weight is 420 g/mol. The molecule has 4 aromatic rings. The Morgan fingerprint density at radius 2 is 1.93 bits per heavy atom. The topological polar surface area (TPSA) is 51.8 Å². The van der Waals surface area contributed by atoms with Crippen LogP contribution in [0.4, 0.5) is 5.69 Å². The number of anilines is 1. The Morgan fingerprint density at radius 3 is 2.70 bits per heavy atom. The normalized spacial score (nSPS) is 19.2. The zero-order valence-corrected chi connectivity index (χ0v) is 18.4. The summed E-state index contributed by atoms with van der Waals surface area (Å²) in [4.78, 5) is 9.19. The molecule has 1 saturated heterocycles. The first-order valence-electron chi connectivity index (χ1n) is 10.2. The number of nitrogens with zero attached hydrogens (tertiary/aromatic N) is 6. The van der Waals surface area contributed by atoms with Gasteiger partial charge in [-0.2, -0.15) is 10.2 Å². The van der Waals surface area contributed by atoms with E-state index >= 15 is 0 Å². The molecule has 0 unspecified atom stereocenters. The molecule has 0 spiro atoms. The van der Waals surface area contributed by atoms with Gasteiger partial charge in [0, 0.05) is 24.7 Å². The summed E-state index contributed by atoms with van der Waals surface area (Å²) in [5.41, 5.74) is 5.92.